The largest absolute Gasteiger partial charge is 0.346 e. The third-order valence-electron chi connectivity index (χ3n) is 3.45. The standard InChI is InChI=1S/C15H17N3OS/c1-2-13-8-17-14(20-13)9-18-15(19)10-3-4-11-6-16-7-12(11)5-10/h3-5,8,16H,2,6-7,9H2,1H3,(H,18,19). The zero-order valence-corrected chi connectivity index (χ0v) is 12.2. The smallest absolute Gasteiger partial charge is 0.251 e. The van der Waals surface area contributed by atoms with Gasteiger partial charge in [0, 0.05) is 29.7 Å². The average Bonchev–Trinajstić information content (AvgIpc) is 3.12. The highest BCUT2D eigenvalue weighted by Gasteiger charge is 2.13. The number of rotatable bonds is 4. The predicted molar refractivity (Wildman–Crippen MR) is 79.6 cm³/mol. The van der Waals surface area contributed by atoms with E-state index in [0.29, 0.717) is 6.54 Å². The maximum atomic E-state index is 12.1. The van der Waals surface area contributed by atoms with Crippen LogP contribution >= 0.6 is 11.3 Å². The van der Waals surface area contributed by atoms with Crippen molar-refractivity contribution < 1.29 is 4.79 Å². The van der Waals surface area contributed by atoms with E-state index in [1.54, 1.807) is 11.3 Å². The lowest BCUT2D eigenvalue weighted by Gasteiger charge is -2.05. The topological polar surface area (TPSA) is 54.0 Å². The number of nitrogens with zero attached hydrogens (tertiary/aromatic N) is 1. The summed E-state index contributed by atoms with van der Waals surface area (Å²) in [6, 6.07) is 5.90. The molecule has 2 heterocycles. The summed E-state index contributed by atoms with van der Waals surface area (Å²) in [7, 11) is 0. The first-order valence-electron chi connectivity index (χ1n) is 6.80. The van der Waals surface area contributed by atoms with Crippen LogP contribution in [0.15, 0.2) is 24.4 Å². The molecule has 0 saturated heterocycles. The minimum Gasteiger partial charge on any atom is -0.346 e. The second-order valence-electron chi connectivity index (χ2n) is 4.84. The lowest BCUT2D eigenvalue weighted by Crippen LogP contribution is -2.22. The summed E-state index contributed by atoms with van der Waals surface area (Å²) >= 11 is 1.65. The summed E-state index contributed by atoms with van der Waals surface area (Å²) in [4.78, 5) is 17.7. The Morgan fingerprint density at radius 2 is 2.25 bits per heavy atom. The van der Waals surface area contributed by atoms with Gasteiger partial charge in [-0.1, -0.05) is 13.0 Å². The molecular weight excluding hydrogens is 270 g/mol. The van der Waals surface area contributed by atoms with Crippen molar-refractivity contribution >= 4 is 17.2 Å². The number of amides is 1. The Morgan fingerprint density at radius 1 is 1.40 bits per heavy atom. The molecule has 0 saturated carbocycles. The van der Waals surface area contributed by atoms with Crippen LogP contribution in [0.2, 0.25) is 0 Å². The van der Waals surface area contributed by atoms with Crippen LogP contribution < -0.4 is 10.6 Å². The van der Waals surface area contributed by atoms with Crippen LogP contribution in [0.4, 0.5) is 0 Å². The highest BCUT2D eigenvalue weighted by atomic mass is 32.1. The number of aromatic nitrogens is 1. The Bertz CT molecular complexity index is 636. The van der Waals surface area contributed by atoms with E-state index >= 15 is 0 Å². The second-order valence-corrected chi connectivity index (χ2v) is 6.04. The van der Waals surface area contributed by atoms with Crippen molar-refractivity contribution in [2.24, 2.45) is 0 Å². The van der Waals surface area contributed by atoms with E-state index in [-0.39, 0.29) is 5.91 Å². The third kappa shape index (κ3) is 2.73. The maximum Gasteiger partial charge on any atom is 0.251 e. The minimum atomic E-state index is -0.0343. The van der Waals surface area contributed by atoms with Crippen molar-refractivity contribution in [3.63, 3.8) is 0 Å². The number of fused-ring (bicyclic) bond motifs is 1. The fourth-order valence-electron chi connectivity index (χ4n) is 2.29. The first kappa shape index (κ1) is 13.3. The zero-order valence-electron chi connectivity index (χ0n) is 11.4. The number of aryl methyl sites for hydroxylation is 1. The van der Waals surface area contributed by atoms with Gasteiger partial charge in [-0.15, -0.1) is 11.3 Å². The monoisotopic (exact) mass is 287 g/mol. The van der Waals surface area contributed by atoms with Gasteiger partial charge in [-0.2, -0.15) is 0 Å². The highest BCUT2D eigenvalue weighted by molar-refractivity contribution is 7.11. The molecule has 0 bridgehead atoms. The average molecular weight is 287 g/mol. The van der Waals surface area contributed by atoms with Gasteiger partial charge >= 0.3 is 0 Å². The van der Waals surface area contributed by atoms with Crippen molar-refractivity contribution in [3.05, 3.63) is 51.0 Å². The van der Waals surface area contributed by atoms with Crippen LogP contribution in [-0.2, 0) is 26.1 Å². The minimum absolute atomic E-state index is 0.0343. The van der Waals surface area contributed by atoms with Gasteiger partial charge < -0.3 is 10.6 Å². The fraction of sp³-hybridized carbons (Fsp3) is 0.333. The lowest BCUT2D eigenvalue weighted by molar-refractivity contribution is 0.0951. The Morgan fingerprint density at radius 3 is 3.05 bits per heavy atom. The van der Waals surface area contributed by atoms with Gasteiger partial charge in [0.1, 0.15) is 5.01 Å². The van der Waals surface area contributed by atoms with Crippen LogP contribution in [0, 0.1) is 0 Å². The van der Waals surface area contributed by atoms with Crippen molar-refractivity contribution in [3.8, 4) is 0 Å². The van der Waals surface area contributed by atoms with Gasteiger partial charge in [-0.05, 0) is 29.7 Å². The van der Waals surface area contributed by atoms with Gasteiger partial charge in [-0.25, -0.2) is 4.98 Å². The highest BCUT2D eigenvalue weighted by Crippen LogP contribution is 2.17. The van der Waals surface area contributed by atoms with Crippen LogP contribution in [0.25, 0.3) is 0 Å². The van der Waals surface area contributed by atoms with Gasteiger partial charge in [0.2, 0.25) is 0 Å². The summed E-state index contributed by atoms with van der Waals surface area (Å²) in [5, 5.41) is 7.17. The molecule has 0 unspecified atom stereocenters. The van der Waals surface area contributed by atoms with Crippen LogP contribution in [0.3, 0.4) is 0 Å². The van der Waals surface area contributed by atoms with Crippen molar-refractivity contribution in [2.75, 3.05) is 0 Å². The number of benzene rings is 1. The second kappa shape index (κ2) is 5.73. The normalized spacial score (nSPS) is 13.2. The maximum absolute atomic E-state index is 12.1. The molecular formula is C15H17N3OS. The van der Waals surface area contributed by atoms with Crippen molar-refractivity contribution in [1.29, 1.82) is 0 Å². The van der Waals surface area contributed by atoms with E-state index in [4.69, 9.17) is 0 Å². The lowest BCUT2D eigenvalue weighted by atomic mass is 10.1. The van der Waals surface area contributed by atoms with E-state index in [0.717, 1.165) is 30.1 Å². The number of thiazole rings is 1. The molecule has 1 aromatic heterocycles. The molecule has 1 aliphatic rings. The first-order valence-corrected chi connectivity index (χ1v) is 7.62. The first-order chi connectivity index (χ1) is 9.76. The number of nitrogens with one attached hydrogen (secondary N) is 2. The Hall–Kier alpha value is -1.72. The van der Waals surface area contributed by atoms with Crippen LogP contribution in [0.1, 0.15) is 38.3 Å². The van der Waals surface area contributed by atoms with E-state index in [2.05, 4.69) is 22.5 Å². The summed E-state index contributed by atoms with van der Waals surface area (Å²) in [5.41, 5.74) is 3.23. The molecule has 4 nitrogen and oxygen atoms in total. The number of carbonyl (C=O) groups is 1. The molecule has 5 heteroatoms. The fourth-order valence-corrected chi connectivity index (χ4v) is 3.09. The molecule has 1 amide bonds. The molecule has 1 aromatic carbocycles. The van der Waals surface area contributed by atoms with Crippen molar-refractivity contribution in [1.82, 2.24) is 15.6 Å². The molecule has 3 rings (SSSR count). The summed E-state index contributed by atoms with van der Waals surface area (Å²) in [6.07, 6.45) is 2.87. The van der Waals surface area contributed by atoms with Gasteiger partial charge in [0.05, 0.1) is 6.54 Å². The number of hydrogen-bond acceptors (Lipinski definition) is 4. The summed E-state index contributed by atoms with van der Waals surface area (Å²) < 4.78 is 0. The van der Waals surface area contributed by atoms with Gasteiger partial charge in [0.15, 0.2) is 0 Å². The zero-order chi connectivity index (χ0) is 13.9. The van der Waals surface area contributed by atoms with Crippen molar-refractivity contribution in [2.45, 2.75) is 33.0 Å². The third-order valence-corrected chi connectivity index (χ3v) is 4.59. The Balaban J connectivity index is 1.64. The molecule has 104 valence electrons. The molecule has 0 aliphatic carbocycles. The Kier molecular flexibility index (Phi) is 3.80. The van der Waals surface area contributed by atoms with Gasteiger partial charge in [-0.3, -0.25) is 4.79 Å². The molecule has 2 N–H and O–H groups in total. The van der Waals surface area contributed by atoms with E-state index < -0.39 is 0 Å². The summed E-state index contributed by atoms with van der Waals surface area (Å²) in [5.74, 6) is -0.0343. The molecule has 0 radical (unpaired) electrons. The van der Waals surface area contributed by atoms with Crippen LogP contribution in [-0.4, -0.2) is 10.9 Å². The molecule has 0 spiro atoms. The van der Waals surface area contributed by atoms with E-state index in [9.17, 15) is 4.79 Å². The predicted octanol–water partition coefficient (Wildman–Crippen LogP) is 2.24. The Labute approximate surface area is 122 Å². The van der Waals surface area contributed by atoms with E-state index in [1.807, 2.05) is 24.4 Å². The SMILES string of the molecule is CCc1cnc(CNC(=O)c2ccc3c(c2)CNC3)s1. The number of hydrogen-bond donors (Lipinski definition) is 2. The van der Waals surface area contributed by atoms with E-state index in [1.165, 1.54) is 16.0 Å². The number of carbonyl (C=O) groups excluding carboxylic acids is 1. The molecule has 0 fully saturated rings. The quantitative estimate of drug-likeness (QED) is 0.907. The van der Waals surface area contributed by atoms with Crippen LogP contribution in [0.5, 0.6) is 0 Å². The molecule has 20 heavy (non-hydrogen) atoms. The van der Waals surface area contributed by atoms with Gasteiger partial charge in [0.25, 0.3) is 5.91 Å². The molecule has 1 aliphatic heterocycles. The molecule has 2 aromatic rings. The molecule has 0 atom stereocenters. The summed E-state index contributed by atoms with van der Waals surface area (Å²) in [6.45, 7) is 4.35.